The van der Waals surface area contributed by atoms with Gasteiger partial charge in [-0.3, -0.25) is 4.98 Å². The van der Waals surface area contributed by atoms with E-state index >= 15 is 0 Å². The number of nitrogens with one attached hydrogen (secondary N) is 1. The lowest BCUT2D eigenvalue weighted by Gasteiger charge is -2.11. The van der Waals surface area contributed by atoms with Crippen LogP contribution in [0.4, 0.5) is 5.82 Å². The third-order valence-corrected chi connectivity index (χ3v) is 3.65. The summed E-state index contributed by atoms with van der Waals surface area (Å²) in [6, 6.07) is 3.87. The maximum absolute atomic E-state index is 4.61. The van der Waals surface area contributed by atoms with E-state index < -0.39 is 0 Å². The summed E-state index contributed by atoms with van der Waals surface area (Å²) in [5.74, 6) is 1.64. The summed E-state index contributed by atoms with van der Waals surface area (Å²) in [6.07, 6.45) is 4.44. The monoisotopic (exact) mass is 354 g/mol. The molecular weight excluding hydrogens is 339 g/mol. The van der Waals surface area contributed by atoms with E-state index in [4.69, 9.17) is 0 Å². The first-order chi connectivity index (χ1) is 8.76. The number of hydrogen-bond donors (Lipinski definition) is 1. The second kappa shape index (κ2) is 6.08. The molecule has 2 rings (SSSR count). The van der Waals surface area contributed by atoms with E-state index in [9.17, 15) is 0 Å². The molecule has 0 amide bonds. The van der Waals surface area contributed by atoms with Gasteiger partial charge in [0.1, 0.15) is 5.82 Å². The van der Waals surface area contributed by atoms with Crippen molar-refractivity contribution in [1.29, 1.82) is 0 Å². The lowest BCUT2D eigenvalue weighted by atomic mass is 10.2. The fourth-order valence-electron chi connectivity index (χ4n) is 1.64. The Kier molecular flexibility index (Phi) is 4.46. The number of pyridine rings is 1. The minimum absolute atomic E-state index is 0.733. The molecule has 94 valence electrons. The molecule has 0 saturated carbocycles. The van der Waals surface area contributed by atoms with E-state index in [1.165, 1.54) is 0 Å². The summed E-state index contributed by atoms with van der Waals surface area (Å²) in [5, 5.41) is 3.28. The Hall–Kier alpha value is -1.24. The Balaban J connectivity index is 2.52. The van der Waals surface area contributed by atoms with Gasteiger partial charge in [-0.15, -0.1) is 0 Å². The molecule has 0 aliphatic rings. The molecule has 0 aliphatic carbocycles. The average molecular weight is 354 g/mol. The van der Waals surface area contributed by atoms with Crippen molar-refractivity contribution >= 4 is 28.4 Å². The first-order valence-corrected chi connectivity index (χ1v) is 7.04. The van der Waals surface area contributed by atoms with Gasteiger partial charge in [-0.25, -0.2) is 9.97 Å². The molecular formula is C13H15IN4. The van der Waals surface area contributed by atoms with Crippen molar-refractivity contribution in [1.82, 2.24) is 15.0 Å². The average Bonchev–Trinajstić information content (AvgIpc) is 2.42. The zero-order valence-corrected chi connectivity index (χ0v) is 12.6. The molecule has 0 saturated heterocycles. The van der Waals surface area contributed by atoms with Crippen LogP contribution in [0.3, 0.4) is 0 Å². The van der Waals surface area contributed by atoms with Crippen molar-refractivity contribution in [3.05, 3.63) is 33.8 Å². The number of hydrogen-bond acceptors (Lipinski definition) is 4. The fourth-order valence-corrected chi connectivity index (χ4v) is 2.45. The highest BCUT2D eigenvalue weighted by molar-refractivity contribution is 14.1. The number of nitrogens with zero attached hydrogens (tertiary/aromatic N) is 3. The van der Waals surface area contributed by atoms with Crippen LogP contribution in [0.25, 0.3) is 11.4 Å². The molecule has 4 nitrogen and oxygen atoms in total. The normalized spacial score (nSPS) is 10.4. The Labute approximate surface area is 120 Å². The SMILES string of the molecule is CCNc1nc(-c2cccnc2)nc(CC)c1I. The highest BCUT2D eigenvalue weighted by Crippen LogP contribution is 2.23. The number of rotatable bonds is 4. The van der Waals surface area contributed by atoms with Crippen molar-refractivity contribution < 1.29 is 0 Å². The topological polar surface area (TPSA) is 50.7 Å². The molecule has 2 heterocycles. The Bertz CT molecular complexity index is 528. The van der Waals surface area contributed by atoms with Crippen LogP contribution in [0.1, 0.15) is 19.5 Å². The van der Waals surface area contributed by atoms with Crippen LogP contribution >= 0.6 is 22.6 Å². The molecule has 18 heavy (non-hydrogen) atoms. The molecule has 2 aromatic heterocycles. The van der Waals surface area contributed by atoms with E-state index in [0.29, 0.717) is 0 Å². The van der Waals surface area contributed by atoms with Gasteiger partial charge in [0.25, 0.3) is 0 Å². The van der Waals surface area contributed by atoms with Crippen molar-refractivity contribution in [2.24, 2.45) is 0 Å². The molecule has 0 fully saturated rings. The third kappa shape index (κ3) is 2.77. The molecule has 0 spiro atoms. The van der Waals surface area contributed by atoms with Crippen LogP contribution < -0.4 is 5.32 Å². The highest BCUT2D eigenvalue weighted by atomic mass is 127. The van der Waals surface area contributed by atoms with Gasteiger partial charge in [0.15, 0.2) is 5.82 Å². The van der Waals surface area contributed by atoms with Crippen LogP contribution in [0.5, 0.6) is 0 Å². The lowest BCUT2D eigenvalue weighted by Crippen LogP contribution is -2.07. The lowest BCUT2D eigenvalue weighted by molar-refractivity contribution is 0.981. The minimum Gasteiger partial charge on any atom is -0.369 e. The smallest absolute Gasteiger partial charge is 0.163 e. The maximum atomic E-state index is 4.61. The van der Waals surface area contributed by atoms with Gasteiger partial charge in [-0.2, -0.15) is 0 Å². The van der Waals surface area contributed by atoms with E-state index in [-0.39, 0.29) is 0 Å². The van der Waals surface area contributed by atoms with Crippen LogP contribution in [0.15, 0.2) is 24.5 Å². The van der Waals surface area contributed by atoms with E-state index in [0.717, 1.165) is 39.4 Å². The van der Waals surface area contributed by atoms with Gasteiger partial charge >= 0.3 is 0 Å². The summed E-state index contributed by atoms with van der Waals surface area (Å²) >= 11 is 2.30. The van der Waals surface area contributed by atoms with Gasteiger partial charge in [-0.05, 0) is 48.1 Å². The number of aryl methyl sites for hydroxylation is 1. The van der Waals surface area contributed by atoms with E-state index in [1.54, 1.807) is 12.4 Å². The van der Waals surface area contributed by atoms with Gasteiger partial charge in [0.05, 0.1) is 9.26 Å². The quantitative estimate of drug-likeness (QED) is 0.858. The molecule has 0 atom stereocenters. The van der Waals surface area contributed by atoms with Gasteiger partial charge in [-0.1, -0.05) is 6.92 Å². The first kappa shape index (κ1) is 13.2. The largest absolute Gasteiger partial charge is 0.369 e. The first-order valence-electron chi connectivity index (χ1n) is 5.97. The Morgan fingerprint density at radius 3 is 2.72 bits per heavy atom. The zero-order valence-electron chi connectivity index (χ0n) is 10.4. The summed E-state index contributed by atoms with van der Waals surface area (Å²) in [7, 11) is 0. The molecule has 0 aromatic carbocycles. The summed E-state index contributed by atoms with van der Waals surface area (Å²) in [5.41, 5.74) is 2.02. The van der Waals surface area contributed by atoms with Crippen molar-refractivity contribution in [2.75, 3.05) is 11.9 Å². The van der Waals surface area contributed by atoms with Crippen LogP contribution in [-0.2, 0) is 6.42 Å². The second-order valence-electron chi connectivity index (χ2n) is 3.78. The predicted molar refractivity (Wildman–Crippen MR) is 81.5 cm³/mol. The van der Waals surface area contributed by atoms with E-state index in [2.05, 4.69) is 56.7 Å². The molecule has 5 heteroatoms. The standard InChI is InChI=1S/C13H15IN4/c1-3-10-11(14)13(16-4-2)18-12(17-10)9-6-5-7-15-8-9/h5-8H,3-4H2,1-2H3,(H,16,17,18). The summed E-state index contributed by atoms with van der Waals surface area (Å²) in [4.78, 5) is 13.3. The molecule has 1 N–H and O–H groups in total. The predicted octanol–water partition coefficient (Wildman–Crippen LogP) is 3.14. The van der Waals surface area contributed by atoms with Crippen LogP contribution in [0, 0.1) is 3.57 Å². The van der Waals surface area contributed by atoms with E-state index in [1.807, 2.05) is 12.1 Å². The van der Waals surface area contributed by atoms with Gasteiger partial charge in [0, 0.05) is 24.5 Å². The number of aromatic nitrogens is 3. The maximum Gasteiger partial charge on any atom is 0.163 e. The summed E-state index contributed by atoms with van der Waals surface area (Å²) < 4.78 is 1.10. The van der Waals surface area contributed by atoms with Gasteiger partial charge < -0.3 is 5.32 Å². The Morgan fingerprint density at radius 2 is 2.11 bits per heavy atom. The zero-order chi connectivity index (χ0) is 13.0. The molecule has 2 aromatic rings. The van der Waals surface area contributed by atoms with Crippen molar-refractivity contribution in [2.45, 2.75) is 20.3 Å². The third-order valence-electron chi connectivity index (χ3n) is 2.52. The highest BCUT2D eigenvalue weighted by Gasteiger charge is 2.11. The Morgan fingerprint density at radius 1 is 1.28 bits per heavy atom. The number of halogens is 1. The molecule has 0 unspecified atom stereocenters. The summed E-state index contributed by atoms with van der Waals surface area (Å²) in [6.45, 7) is 5.02. The van der Waals surface area contributed by atoms with Crippen LogP contribution in [-0.4, -0.2) is 21.5 Å². The van der Waals surface area contributed by atoms with Gasteiger partial charge in [0.2, 0.25) is 0 Å². The second-order valence-corrected chi connectivity index (χ2v) is 4.86. The van der Waals surface area contributed by atoms with Crippen molar-refractivity contribution in [3.63, 3.8) is 0 Å². The minimum atomic E-state index is 0.733. The molecule has 0 radical (unpaired) electrons. The van der Waals surface area contributed by atoms with Crippen LogP contribution in [0.2, 0.25) is 0 Å². The number of anilines is 1. The molecule has 0 aliphatic heterocycles. The molecule has 0 bridgehead atoms. The fraction of sp³-hybridized carbons (Fsp3) is 0.308. The van der Waals surface area contributed by atoms with Crippen molar-refractivity contribution in [3.8, 4) is 11.4 Å².